The van der Waals surface area contributed by atoms with Gasteiger partial charge < -0.3 is 5.32 Å². The molecular formula is C19H24N2O3S. The first kappa shape index (κ1) is 19.1. The van der Waals surface area contributed by atoms with E-state index in [-0.39, 0.29) is 17.3 Å². The van der Waals surface area contributed by atoms with Crippen LogP contribution >= 0.6 is 0 Å². The van der Waals surface area contributed by atoms with Crippen LogP contribution in [0, 0.1) is 0 Å². The topological polar surface area (TPSA) is 89.3 Å². The molecule has 134 valence electrons. The molecule has 6 heteroatoms. The van der Waals surface area contributed by atoms with Crippen molar-refractivity contribution in [1.29, 1.82) is 0 Å². The summed E-state index contributed by atoms with van der Waals surface area (Å²) >= 11 is 0. The summed E-state index contributed by atoms with van der Waals surface area (Å²) in [6, 6.07) is 14.6. The van der Waals surface area contributed by atoms with E-state index in [9.17, 15) is 13.2 Å². The molecule has 0 radical (unpaired) electrons. The van der Waals surface area contributed by atoms with E-state index in [1.807, 2.05) is 0 Å². The Morgan fingerprint density at radius 1 is 1.08 bits per heavy atom. The average molecular weight is 360 g/mol. The third-order valence-corrected chi connectivity index (χ3v) is 4.91. The van der Waals surface area contributed by atoms with Crippen LogP contribution in [0.1, 0.15) is 42.9 Å². The van der Waals surface area contributed by atoms with E-state index in [1.165, 1.54) is 17.7 Å². The van der Waals surface area contributed by atoms with E-state index < -0.39 is 10.0 Å². The van der Waals surface area contributed by atoms with Crippen molar-refractivity contribution in [1.82, 2.24) is 5.32 Å². The molecule has 0 aliphatic rings. The second kappa shape index (κ2) is 8.27. The van der Waals surface area contributed by atoms with Gasteiger partial charge in [-0.3, -0.25) is 4.79 Å². The summed E-state index contributed by atoms with van der Waals surface area (Å²) in [7, 11) is -3.73. The van der Waals surface area contributed by atoms with Crippen molar-refractivity contribution in [3.8, 4) is 0 Å². The van der Waals surface area contributed by atoms with Crippen molar-refractivity contribution in [2.45, 2.75) is 44.0 Å². The Morgan fingerprint density at radius 3 is 2.36 bits per heavy atom. The van der Waals surface area contributed by atoms with Gasteiger partial charge in [0.1, 0.15) is 0 Å². The van der Waals surface area contributed by atoms with Gasteiger partial charge in [0.25, 0.3) is 0 Å². The lowest BCUT2D eigenvalue weighted by Crippen LogP contribution is -2.23. The molecule has 3 N–H and O–H groups in total. The van der Waals surface area contributed by atoms with Crippen LogP contribution in [0.5, 0.6) is 0 Å². The summed E-state index contributed by atoms with van der Waals surface area (Å²) in [4.78, 5) is 12.0. The summed E-state index contributed by atoms with van der Waals surface area (Å²) in [6.07, 6.45) is 1.05. The van der Waals surface area contributed by atoms with Gasteiger partial charge in [-0.15, -0.1) is 0 Å². The van der Waals surface area contributed by atoms with E-state index in [0.29, 0.717) is 24.3 Å². The molecule has 0 fully saturated rings. The maximum atomic E-state index is 12.0. The van der Waals surface area contributed by atoms with E-state index in [1.54, 1.807) is 12.1 Å². The normalized spacial score (nSPS) is 11.5. The molecular weight excluding hydrogens is 336 g/mol. The standard InChI is InChI=1S/C19H24N2O3S/c1-14(2)17-9-6-15(7-10-17)8-11-19(22)21-13-16-4-3-5-18(12-16)25(20,23)24/h3-7,9-10,12,14H,8,11,13H2,1-2H3,(H,21,22)(H2,20,23,24). The van der Waals surface area contributed by atoms with E-state index >= 15 is 0 Å². The molecule has 0 saturated heterocycles. The van der Waals surface area contributed by atoms with Gasteiger partial charge in [0.2, 0.25) is 15.9 Å². The second-order valence-corrected chi connectivity index (χ2v) is 7.93. The van der Waals surface area contributed by atoms with Crippen LogP contribution in [-0.4, -0.2) is 14.3 Å². The zero-order valence-electron chi connectivity index (χ0n) is 14.5. The Morgan fingerprint density at radius 2 is 1.76 bits per heavy atom. The first-order chi connectivity index (χ1) is 11.8. The van der Waals surface area contributed by atoms with Gasteiger partial charge in [-0.05, 0) is 41.2 Å². The molecule has 0 spiro atoms. The van der Waals surface area contributed by atoms with Crippen molar-refractivity contribution in [2.75, 3.05) is 0 Å². The van der Waals surface area contributed by atoms with Crippen LogP contribution in [0.3, 0.4) is 0 Å². The summed E-state index contributed by atoms with van der Waals surface area (Å²) in [5.41, 5.74) is 3.10. The van der Waals surface area contributed by atoms with Crippen molar-refractivity contribution in [2.24, 2.45) is 5.14 Å². The first-order valence-electron chi connectivity index (χ1n) is 8.23. The van der Waals surface area contributed by atoms with Gasteiger partial charge in [-0.25, -0.2) is 13.6 Å². The molecule has 0 aliphatic carbocycles. The Bertz CT molecular complexity index is 828. The number of rotatable bonds is 7. The van der Waals surface area contributed by atoms with Crippen molar-refractivity contribution < 1.29 is 13.2 Å². The number of aryl methyl sites for hydroxylation is 1. The summed E-state index contributed by atoms with van der Waals surface area (Å²) in [5.74, 6) is 0.416. The minimum Gasteiger partial charge on any atom is -0.352 e. The van der Waals surface area contributed by atoms with Crippen LogP contribution in [0.2, 0.25) is 0 Å². The lowest BCUT2D eigenvalue weighted by Gasteiger charge is -2.08. The molecule has 1 amide bonds. The van der Waals surface area contributed by atoms with Crippen LogP contribution in [-0.2, 0) is 27.8 Å². The molecule has 2 aromatic carbocycles. The number of primary sulfonamides is 1. The highest BCUT2D eigenvalue weighted by molar-refractivity contribution is 7.89. The number of benzene rings is 2. The summed E-state index contributed by atoms with van der Waals surface area (Å²) in [6.45, 7) is 4.56. The largest absolute Gasteiger partial charge is 0.352 e. The molecule has 0 heterocycles. The zero-order valence-corrected chi connectivity index (χ0v) is 15.3. The van der Waals surface area contributed by atoms with Gasteiger partial charge in [-0.2, -0.15) is 0 Å². The number of carbonyl (C=O) groups excluding carboxylic acids is 1. The van der Waals surface area contributed by atoms with Crippen LogP contribution in [0.15, 0.2) is 53.4 Å². The van der Waals surface area contributed by atoms with Gasteiger partial charge >= 0.3 is 0 Å². The fourth-order valence-electron chi connectivity index (χ4n) is 2.45. The monoisotopic (exact) mass is 360 g/mol. The Kier molecular flexibility index (Phi) is 6.33. The number of sulfonamides is 1. The number of carbonyl (C=O) groups is 1. The highest BCUT2D eigenvalue weighted by Gasteiger charge is 2.09. The van der Waals surface area contributed by atoms with Gasteiger partial charge in [0, 0.05) is 13.0 Å². The number of amides is 1. The number of hydrogen-bond donors (Lipinski definition) is 2. The van der Waals surface area contributed by atoms with Crippen molar-refractivity contribution in [3.63, 3.8) is 0 Å². The van der Waals surface area contributed by atoms with E-state index in [4.69, 9.17) is 5.14 Å². The SMILES string of the molecule is CC(C)c1ccc(CCC(=O)NCc2cccc(S(N)(=O)=O)c2)cc1. The number of hydrogen-bond acceptors (Lipinski definition) is 3. The molecule has 2 aromatic rings. The highest BCUT2D eigenvalue weighted by atomic mass is 32.2. The van der Waals surface area contributed by atoms with Crippen LogP contribution < -0.4 is 10.5 Å². The molecule has 0 atom stereocenters. The fraction of sp³-hybridized carbons (Fsp3) is 0.316. The predicted octanol–water partition coefficient (Wildman–Crippen LogP) is 2.71. The smallest absolute Gasteiger partial charge is 0.238 e. The minimum atomic E-state index is -3.73. The molecule has 0 aromatic heterocycles. The maximum Gasteiger partial charge on any atom is 0.238 e. The van der Waals surface area contributed by atoms with E-state index in [2.05, 4.69) is 43.4 Å². The summed E-state index contributed by atoms with van der Waals surface area (Å²) in [5, 5.41) is 7.91. The number of nitrogens with two attached hydrogens (primary N) is 1. The summed E-state index contributed by atoms with van der Waals surface area (Å²) < 4.78 is 22.7. The Labute approximate surface area is 149 Å². The maximum absolute atomic E-state index is 12.0. The lowest BCUT2D eigenvalue weighted by atomic mass is 10.0. The number of nitrogens with one attached hydrogen (secondary N) is 1. The quantitative estimate of drug-likeness (QED) is 0.795. The lowest BCUT2D eigenvalue weighted by molar-refractivity contribution is -0.121. The predicted molar refractivity (Wildman–Crippen MR) is 98.5 cm³/mol. The van der Waals surface area contributed by atoms with Crippen LogP contribution in [0.25, 0.3) is 0 Å². The van der Waals surface area contributed by atoms with Gasteiger partial charge in [0.15, 0.2) is 0 Å². The molecule has 25 heavy (non-hydrogen) atoms. The highest BCUT2D eigenvalue weighted by Crippen LogP contribution is 2.15. The fourth-order valence-corrected chi connectivity index (χ4v) is 3.03. The van der Waals surface area contributed by atoms with Gasteiger partial charge in [0.05, 0.1) is 4.90 Å². The third-order valence-electron chi connectivity index (χ3n) is 4.00. The first-order valence-corrected chi connectivity index (χ1v) is 9.77. The minimum absolute atomic E-state index is 0.0458. The Hall–Kier alpha value is -2.18. The molecule has 2 rings (SSSR count). The molecule has 0 unspecified atom stereocenters. The Balaban J connectivity index is 1.85. The van der Waals surface area contributed by atoms with Crippen molar-refractivity contribution >= 4 is 15.9 Å². The van der Waals surface area contributed by atoms with Crippen LogP contribution in [0.4, 0.5) is 0 Å². The van der Waals surface area contributed by atoms with E-state index in [0.717, 1.165) is 5.56 Å². The molecule has 0 bridgehead atoms. The molecule has 0 saturated carbocycles. The van der Waals surface area contributed by atoms with Gasteiger partial charge in [-0.1, -0.05) is 50.2 Å². The second-order valence-electron chi connectivity index (χ2n) is 6.37. The third kappa shape index (κ3) is 5.99. The average Bonchev–Trinajstić information content (AvgIpc) is 2.58. The zero-order chi connectivity index (χ0) is 18.4. The van der Waals surface area contributed by atoms with Crippen molar-refractivity contribution in [3.05, 3.63) is 65.2 Å². The molecule has 0 aliphatic heterocycles. The molecule has 5 nitrogen and oxygen atoms in total.